The van der Waals surface area contributed by atoms with E-state index in [1.54, 1.807) is 0 Å². The van der Waals surface area contributed by atoms with Gasteiger partial charge in [0.15, 0.2) is 6.61 Å². The van der Waals surface area contributed by atoms with E-state index >= 15 is 0 Å². The summed E-state index contributed by atoms with van der Waals surface area (Å²) in [7, 11) is 0. The highest BCUT2D eigenvalue weighted by Gasteiger charge is 2.41. The van der Waals surface area contributed by atoms with Crippen molar-refractivity contribution in [3.05, 3.63) is 16.7 Å². The Morgan fingerprint density at radius 3 is 2.57 bits per heavy atom. The van der Waals surface area contributed by atoms with Gasteiger partial charge in [0.25, 0.3) is 0 Å². The van der Waals surface area contributed by atoms with Gasteiger partial charge in [-0.3, -0.25) is 9.59 Å². The predicted molar refractivity (Wildman–Crippen MR) is 76.0 cm³/mol. The van der Waals surface area contributed by atoms with Gasteiger partial charge in [-0.25, -0.2) is 4.98 Å². The van der Waals surface area contributed by atoms with E-state index in [-0.39, 0.29) is 11.6 Å². The highest BCUT2D eigenvalue weighted by molar-refractivity contribution is 9.10. The summed E-state index contributed by atoms with van der Waals surface area (Å²) in [5.74, 6) is -3.54. The second kappa shape index (κ2) is 6.73. The molecule has 23 heavy (non-hydrogen) atoms. The quantitative estimate of drug-likeness (QED) is 0.798. The van der Waals surface area contributed by atoms with Crippen molar-refractivity contribution in [3.8, 4) is 5.88 Å². The zero-order valence-corrected chi connectivity index (χ0v) is 13.1. The lowest BCUT2D eigenvalue weighted by molar-refractivity contribution is -0.154. The summed E-state index contributed by atoms with van der Waals surface area (Å²) in [5.41, 5.74) is -0.0512. The van der Waals surface area contributed by atoms with Gasteiger partial charge in [-0.15, -0.1) is 0 Å². The van der Waals surface area contributed by atoms with Crippen molar-refractivity contribution in [3.63, 3.8) is 0 Å². The Balaban J connectivity index is 2.10. The van der Waals surface area contributed by atoms with Gasteiger partial charge in [-0.1, -0.05) is 0 Å². The molecule has 126 valence electrons. The van der Waals surface area contributed by atoms with Crippen LogP contribution >= 0.6 is 15.9 Å². The number of carbonyl (C=O) groups is 2. The van der Waals surface area contributed by atoms with Crippen molar-refractivity contribution in [2.75, 3.05) is 11.9 Å². The van der Waals surface area contributed by atoms with E-state index in [1.165, 1.54) is 12.3 Å². The minimum atomic E-state index is -4.54. The number of aromatic nitrogens is 1. The van der Waals surface area contributed by atoms with Crippen LogP contribution in [0.5, 0.6) is 5.88 Å². The third-order valence-corrected chi connectivity index (χ3v) is 3.81. The molecular weight excluding hydrogens is 385 g/mol. The molecule has 2 atom stereocenters. The minimum Gasteiger partial charge on any atom is -0.481 e. The number of nitrogens with zero attached hydrogens (tertiary/aromatic N) is 1. The Morgan fingerprint density at radius 1 is 1.39 bits per heavy atom. The summed E-state index contributed by atoms with van der Waals surface area (Å²) in [6.45, 7) is -1.55. The number of carbonyl (C=O) groups excluding carboxylic acids is 1. The Bertz CT molecular complexity index is 624. The van der Waals surface area contributed by atoms with Crippen molar-refractivity contribution < 1.29 is 32.6 Å². The summed E-state index contributed by atoms with van der Waals surface area (Å²) in [6.07, 6.45) is -2.52. The zero-order valence-electron chi connectivity index (χ0n) is 11.6. The number of carboxylic acids is 1. The first kappa shape index (κ1) is 17.5. The van der Waals surface area contributed by atoms with Crippen LogP contribution in [-0.4, -0.2) is 34.8 Å². The molecule has 1 heterocycles. The number of ether oxygens (including phenoxy) is 1. The van der Waals surface area contributed by atoms with Crippen LogP contribution in [0.25, 0.3) is 0 Å². The lowest BCUT2D eigenvalue weighted by atomic mass is 9.73. The molecule has 2 N–H and O–H groups in total. The maximum atomic E-state index is 12.2. The van der Waals surface area contributed by atoms with Gasteiger partial charge < -0.3 is 15.2 Å². The number of pyridine rings is 1. The molecule has 0 radical (unpaired) electrons. The molecule has 1 aliphatic carbocycles. The van der Waals surface area contributed by atoms with E-state index in [0.717, 1.165) is 0 Å². The number of rotatable bonds is 5. The SMILES string of the molecule is O=C(O)C1CCC1C(=O)Nc1cc(Br)cnc1OCC(F)(F)F. The first-order chi connectivity index (χ1) is 10.7. The molecule has 1 fully saturated rings. The van der Waals surface area contributed by atoms with E-state index in [1.807, 2.05) is 0 Å². The fourth-order valence-electron chi connectivity index (χ4n) is 2.12. The second-order valence-electron chi connectivity index (χ2n) is 5.03. The molecule has 0 saturated heterocycles. The van der Waals surface area contributed by atoms with Crippen molar-refractivity contribution in [1.82, 2.24) is 4.98 Å². The van der Waals surface area contributed by atoms with Crippen LogP contribution in [0.15, 0.2) is 16.7 Å². The van der Waals surface area contributed by atoms with E-state index in [0.29, 0.717) is 17.3 Å². The first-order valence-electron chi connectivity index (χ1n) is 6.56. The highest BCUT2D eigenvalue weighted by atomic mass is 79.9. The summed E-state index contributed by atoms with van der Waals surface area (Å²) >= 11 is 3.09. The summed E-state index contributed by atoms with van der Waals surface area (Å²) in [6, 6.07) is 1.34. The monoisotopic (exact) mass is 396 g/mol. The van der Waals surface area contributed by atoms with Crippen LogP contribution < -0.4 is 10.1 Å². The minimum absolute atomic E-state index is 0.0512. The summed E-state index contributed by atoms with van der Waals surface area (Å²) < 4.78 is 41.7. The predicted octanol–water partition coefficient (Wildman–Crippen LogP) is 2.83. The summed E-state index contributed by atoms with van der Waals surface area (Å²) in [4.78, 5) is 26.7. The third kappa shape index (κ3) is 4.57. The largest absolute Gasteiger partial charge is 0.481 e. The third-order valence-electron chi connectivity index (χ3n) is 3.38. The number of aliphatic carboxylic acids is 1. The average molecular weight is 397 g/mol. The fourth-order valence-corrected chi connectivity index (χ4v) is 2.45. The number of nitrogens with one attached hydrogen (secondary N) is 1. The molecule has 10 heteroatoms. The van der Waals surface area contributed by atoms with Crippen LogP contribution in [0.2, 0.25) is 0 Å². The van der Waals surface area contributed by atoms with Gasteiger partial charge in [0.05, 0.1) is 11.8 Å². The van der Waals surface area contributed by atoms with Gasteiger partial charge in [0, 0.05) is 10.7 Å². The van der Waals surface area contributed by atoms with Crippen molar-refractivity contribution in [1.29, 1.82) is 0 Å². The number of amides is 1. The molecule has 0 spiro atoms. The van der Waals surface area contributed by atoms with Crippen molar-refractivity contribution >= 4 is 33.5 Å². The number of anilines is 1. The highest BCUT2D eigenvalue weighted by Crippen LogP contribution is 2.36. The molecule has 2 rings (SSSR count). The van der Waals surface area contributed by atoms with E-state index in [4.69, 9.17) is 5.11 Å². The van der Waals surface area contributed by atoms with Crippen molar-refractivity contribution in [2.45, 2.75) is 19.0 Å². The molecule has 6 nitrogen and oxygen atoms in total. The molecule has 2 unspecified atom stereocenters. The molecule has 1 aromatic rings. The number of alkyl halides is 3. The van der Waals surface area contributed by atoms with Crippen LogP contribution in [0.4, 0.5) is 18.9 Å². The van der Waals surface area contributed by atoms with Crippen LogP contribution in [0.1, 0.15) is 12.8 Å². The molecule has 1 amide bonds. The smallest absolute Gasteiger partial charge is 0.422 e. The van der Waals surface area contributed by atoms with Gasteiger partial charge in [-0.2, -0.15) is 13.2 Å². The van der Waals surface area contributed by atoms with Crippen molar-refractivity contribution in [2.24, 2.45) is 11.8 Å². The topological polar surface area (TPSA) is 88.5 Å². The maximum absolute atomic E-state index is 12.2. The standard InChI is InChI=1S/C13H12BrF3N2O4/c14-6-3-9(11(18-4-6)23-5-13(15,16)17)19-10(20)7-1-2-8(7)12(21)22/h3-4,7-8H,1-2,5H2,(H,19,20)(H,21,22). The second-order valence-corrected chi connectivity index (χ2v) is 5.94. The van der Waals surface area contributed by atoms with Crippen LogP contribution in [0, 0.1) is 11.8 Å². The van der Waals surface area contributed by atoms with Crippen LogP contribution in [0.3, 0.4) is 0 Å². The molecule has 1 aliphatic rings. The molecule has 0 aromatic carbocycles. The molecule has 1 aromatic heterocycles. The van der Waals surface area contributed by atoms with E-state index in [2.05, 4.69) is 31.0 Å². The number of halogens is 4. The Kier molecular flexibility index (Phi) is 5.12. The Morgan fingerprint density at radius 2 is 2.04 bits per heavy atom. The number of hydrogen-bond donors (Lipinski definition) is 2. The molecule has 0 bridgehead atoms. The van der Waals surface area contributed by atoms with Gasteiger partial charge in [0.1, 0.15) is 5.69 Å². The lowest BCUT2D eigenvalue weighted by Crippen LogP contribution is -2.41. The van der Waals surface area contributed by atoms with E-state index < -0.39 is 36.5 Å². The van der Waals surface area contributed by atoms with Crippen LogP contribution in [-0.2, 0) is 9.59 Å². The Labute approximate surface area is 137 Å². The fraction of sp³-hybridized carbons (Fsp3) is 0.462. The maximum Gasteiger partial charge on any atom is 0.422 e. The number of hydrogen-bond acceptors (Lipinski definition) is 4. The average Bonchev–Trinajstić information content (AvgIpc) is 2.34. The van der Waals surface area contributed by atoms with Gasteiger partial charge in [0.2, 0.25) is 11.8 Å². The normalized spacial score (nSPS) is 20.5. The first-order valence-corrected chi connectivity index (χ1v) is 7.35. The van der Waals surface area contributed by atoms with Gasteiger partial charge in [-0.05, 0) is 34.8 Å². The molecule has 1 saturated carbocycles. The Hall–Kier alpha value is -1.84. The van der Waals surface area contributed by atoms with E-state index in [9.17, 15) is 22.8 Å². The zero-order chi connectivity index (χ0) is 17.2. The summed E-state index contributed by atoms with van der Waals surface area (Å²) in [5, 5.41) is 11.3. The molecule has 0 aliphatic heterocycles. The lowest BCUT2D eigenvalue weighted by Gasteiger charge is -2.32. The number of carboxylic acid groups (broad SMARTS) is 1. The van der Waals surface area contributed by atoms with Gasteiger partial charge >= 0.3 is 12.1 Å². The molecular formula is C13H12BrF3N2O4.